The van der Waals surface area contributed by atoms with E-state index in [1.807, 2.05) is 0 Å². The van der Waals surface area contributed by atoms with Crippen LogP contribution in [0.15, 0.2) is 0 Å². The molecule has 4 amide bonds. The Morgan fingerprint density at radius 1 is 1.17 bits per heavy atom. The van der Waals surface area contributed by atoms with E-state index < -0.39 is 36.0 Å². The molecule has 24 heavy (non-hydrogen) atoms. The van der Waals surface area contributed by atoms with E-state index in [-0.39, 0.29) is 18.6 Å². The lowest BCUT2D eigenvalue weighted by Gasteiger charge is -2.30. The molecule has 2 aliphatic rings. The van der Waals surface area contributed by atoms with Crippen LogP contribution in [0.3, 0.4) is 0 Å². The number of carbonyl (C=O) groups is 5. The van der Waals surface area contributed by atoms with Gasteiger partial charge in [0.1, 0.15) is 11.3 Å². The van der Waals surface area contributed by atoms with E-state index in [9.17, 15) is 24.0 Å². The van der Waals surface area contributed by atoms with E-state index in [1.54, 1.807) is 0 Å². The van der Waals surface area contributed by atoms with Gasteiger partial charge in [0.25, 0.3) is 11.8 Å². The summed E-state index contributed by atoms with van der Waals surface area (Å²) in [6.07, 6.45) is 3.69. The van der Waals surface area contributed by atoms with Gasteiger partial charge in [0, 0.05) is 6.42 Å². The number of ether oxygens (including phenoxy) is 1. The van der Waals surface area contributed by atoms with E-state index >= 15 is 0 Å². The van der Waals surface area contributed by atoms with Crippen LogP contribution in [-0.2, 0) is 23.9 Å². The van der Waals surface area contributed by atoms with Crippen LogP contribution in [-0.4, -0.2) is 46.8 Å². The smallest absolute Gasteiger partial charge is 0.344 e. The van der Waals surface area contributed by atoms with Crippen LogP contribution in [0.2, 0.25) is 0 Å². The molecule has 1 aliphatic carbocycles. The molecule has 132 valence electrons. The van der Waals surface area contributed by atoms with Gasteiger partial charge < -0.3 is 14.8 Å². The average molecular weight is 339 g/mol. The van der Waals surface area contributed by atoms with Crippen LogP contribution >= 0.6 is 0 Å². The number of imide groups is 1. The fourth-order valence-corrected chi connectivity index (χ4v) is 2.87. The van der Waals surface area contributed by atoms with E-state index in [4.69, 9.17) is 4.74 Å². The molecule has 0 bridgehead atoms. The van der Waals surface area contributed by atoms with Gasteiger partial charge in [-0.1, -0.05) is 19.3 Å². The van der Waals surface area contributed by atoms with E-state index in [0.717, 1.165) is 19.3 Å². The van der Waals surface area contributed by atoms with Crippen molar-refractivity contribution in [3.8, 4) is 0 Å². The highest BCUT2D eigenvalue weighted by Crippen LogP contribution is 2.32. The maximum Gasteiger partial charge on any atom is 0.344 e. The van der Waals surface area contributed by atoms with Gasteiger partial charge in [-0.25, -0.2) is 4.79 Å². The Bertz CT molecular complexity index is 568. The summed E-state index contributed by atoms with van der Waals surface area (Å²) in [5, 5.41) is 3.30. The molecule has 1 spiro atoms. The maximum atomic E-state index is 12.4. The van der Waals surface area contributed by atoms with Crippen molar-refractivity contribution in [2.24, 2.45) is 0 Å². The van der Waals surface area contributed by atoms with E-state index in [0.29, 0.717) is 17.9 Å². The van der Waals surface area contributed by atoms with E-state index in [2.05, 4.69) is 10.7 Å². The number of Topliss-reactive ketones (excluding diaryl/α,β-unsaturated/α-hetero) is 1. The number of hydrogen-bond donors (Lipinski definition) is 2. The first-order valence-electron chi connectivity index (χ1n) is 7.95. The van der Waals surface area contributed by atoms with Crippen LogP contribution in [0.25, 0.3) is 0 Å². The van der Waals surface area contributed by atoms with Crippen LogP contribution in [0.4, 0.5) is 4.79 Å². The second kappa shape index (κ2) is 7.41. The van der Waals surface area contributed by atoms with Crippen molar-refractivity contribution >= 4 is 29.6 Å². The predicted molar refractivity (Wildman–Crippen MR) is 80.2 cm³/mol. The van der Waals surface area contributed by atoms with Crippen molar-refractivity contribution in [2.75, 3.05) is 6.61 Å². The Hall–Kier alpha value is -2.45. The van der Waals surface area contributed by atoms with E-state index in [1.165, 1.54) is 6.92 Å². The molecule has 9 heteroatoms. The lowest BCUT2D eigenvalue weighted by atomic mass is 9.82. The summed E-state index contributed by atoms with van der Waals surface area (Å²) in [4.78, 5) is 58.3. The molecule has 0 aromatic rings. The number of carbonyl (C=O) groups excluding carboxylic acids is 5. The van der Waals surface area contributed by atoms with Gasteiger partial charge in [-0.15, -0.1) is 0 Å². The van der Waals surface area contributed by atoms with Crippen LogP contribution in [0.1, 0.15) is 51.9 Å². The topological polar surface area (TPSA) is 122 Å². The van der Waals surface area contributed by atoms with Gasteiger partial charge in [0.05, 0.1) is 6.42 Å². The normalized spacial score (nSPS) is 19.1. The van der Waals surface area contributed by atoms with Crippen molar-refractivity contribution in [2.45, 2.75) is 57.4 Å². The minimum Gasteiger partial charge on any atom is -0.455 e. The van der Waals surface area contributed by atoms with Crippen molar-refractivity contribution in [1.82, 2.24) is 15.8 Å². The molecular weight excluding hydrogens is 318 g/mol. The highest BCUT2D eigenvalue weighted by atomic mass is 16.5. The molecule has 1 saturated heterocycles. The number of hydrazine groups is 1. The second-order valence-corrected chi connectivity index (χ2v) is 6.11. The van der Waals surface area contributed by atoms with Gasteiger partial charge in [-0.2, -0.15) is 5.01 Å². The van der Waals surface area contributed by atoms with Gasteiger partial charge in [0.2, 0.25) is 0 Å². The Kier molecular flexibility index (Phi) is 5.53. The molecule has 1 saturated carbocycles. The number of esters is 1. The zero-order valence-electron chi connectivity index (χ0n) is 13.6. The summed E-state index contributed by atoms with van der Waals surface area (Å²) < 4.78 is 4.70. The van der Waals surface area contributed by atoms with Gasteiger partial charge >= 0.3 is 12.0 Å². The standard InChI is InChI=1S/C15H21N3O6/c1-10(19)5-6-12(21)24-9-11(20)17-18-13(22)15(16-14(18)23)7-3-2-4-8-15/h2-9H2,1H3,(H,16,23)(H,17,20). The molecule has 0 unspecified atom stereocenters. The summed E-state index contributed by atoms with van der Waals surface area (Å²) in [7, 11) is 0. The molecule has 1 heterocycles. The Balaban J connectivity index is 1.83. The third-order valence-corrected chi connectivity index (χ3v) is 4.15. The molecular formula is C15H21N3O6. The summed E-state index contributed by atoms with van der Waals surface area (Å²) in [5.41, 5.74) is 1.23. The first-order chi connectivity index (χ1) is 11.3. The number of ketones is 1. The van der Waals surface area contributed by atoms with Crippen molar-refractivity contribution in [3.63, 3.8) is 0 Å². The average Bonchev–Trinajstić information content (AvgIpc) is 2.76. The fourth-order valence-electron chi connectivity index (χ4n) is 2.87. The third kappa shape index (κ3) is 4.09. The number of hydrogen-bond acceptors (Lipinski definition) is 6. The minimum atomic E-state index is -0.930. The SMILES string of the molecule is CC(=O)CCC(=O)OCC(=O)NN1C(=O)NC2(CCCCC2)C1=O. The molecule has 1 aliphatic heterocycles. The summed E-state index contributed by atoms with van der Waals surface area (Å²) >= 11 is 0. The quantitative estimate of drug-likeness (QED) is 0.526. The number of nitrogens with one attached hydrogen (secondary N) is 2. The predicted octanol–water partition coefficient (Wildman–Crippen LogP) is 0.185. The highest BCUT2D eigenvalue weighted by Gasteiger charge is 2.52. The van der Waals surface area contributed by atoms with Crippen LogP contribution < -0.4 is 10.7 Å². The first kappa shape index (κ1) is 17.9. The molecule has 2 N–H and O–H groups in total. The van der Waals surface area contributed by atoms with Crippen molar-refractivity contribution < 1.29 is 28.7 Å². The minimum absolute atomic E-state index is 0.0377. The first-order valence-corrected chi connectivity index (χ1v) is 7.95. The maximum absolute atomic E-state index is 12.4. The van der Waals surface area contributed by atoms with Crippen molar-refractivity contribution in [3.05, 3.63) is 0 Å². The van der Waals surface area contributed by atoms with Gasteiger partial charge in [0.15, 0.2) is 6.61 Å². The fraction of sp³-hybridized carbons (Fsp3) is 0.667. The highest BCUT2D eigenvalue weighted by molar-refractivity contribution is 6.08. The zero-order chi connectivity index (χ0) is 17.7. The molecule has 0 atom stereocenters. The number of nitrogens with zero attached hydrogens (tertiary/aromatic N) is 1. The summed E-state index contributed by atoms with van der Waals surface area (Å²) in [5.74, 6) is -2.12. The molecule has 2 fully saturated rings. The summed E-state index contributed by atoms with van der Waals surface area (Å²) in [6.45, 7) is 0.722. The lowest BCUT2D eigenvalue weighted by Crippen LogP contribution is -2.51. The molecule has 0 aromatic heterocycles. The molecule has 0 radical (unpaired) electrons. The zero-order valence-corrected chi connectivity index (χ0v) is 13.6. The monoisotopic (exact) mass is 339 g/mol. The second-order valence-electron chi connectivity index (χ2n) is 6.11. The Morgan fingerprint density at radius 2 is 1.83 bits per heavy atom. The lowest BCUT2D eigenvalue weighted by molar-refractivity contribution is -0.151. The van der Waals surface area contributed by atoms with Crippen molar-refractivity contribution in [1.29, 1.82) is 0 Å². The van der Waals surface area contributed by atoms with Crippen LogP contribution in [0.5, 0.6) is 0 Å². The van der Waals surface area contributed by atoms with Crippen LogP contribution in [0, 0.1) is 0 Å². The summed E-state index contributed by atoms with van der Waals surface area (Å²) in [6, 6.07) is -0.682. The number of rotatable bonds is 6. The van der Waals surface area contributed by atoms with Gasteiger partial charge in [-0.3, -0.25) is 19.8 Å². The molecule has 2 rings (SSSR count). The third-order valence-electron chi connectivity index (χ3n) is 4.15. The van der Waals surface area contributed by atoms with Gasteiger partial charge in [-0.05, 0) is 19.8 Å². The Labute approximate surface area is 139 Å². The number of urea groups is 1. The largest absolute Gasteiger partial charge is 0.455 e. The Morgan fingerprint density at radius 3 is 2.46 bits per heavy atom. The molecule has 9 nitrogen and oxygen atoms in total. The molecule has 0 aromatic carbocycles. The number of amides is 4.